The van der Waals surface area contributed by atoms with Crippen LogP contribution in [0.15, 0.2) is 60.8 Å². The maximum absolute atomic E-state index is 11.8. The van der Waals surface area contributed by atoms with E-state index >= 15 is 0 Å². The maximum Gasteiger partial charge on any atom is 0.303 e. The first-order valence-electron chi connectivity index (χ1n) is 11.1. The zero-order chi connectivity index (χ0) is 24.1. The Morgan fingerprint density at radius 3 is 2.76 bits per heavy atom. The van der Waals surface area contributed by atoms with Gasteiger partial charge in [-0.1, -0.05) is 30.3 Å². The number of hydrogen-bond acceptors (Lipinski definition) is 6. The van der Waals surface area contributed by atoms with Gasteiger partial charge in [0.15, 0.2) is 0 Å². The summed E-state index contributed by atoms with van der Waals surface area (Å²) in [5.41, 5.74) is 4.33. The van der Waals surface area contributed by atoms with Crippen molar-refractivity contribution < 1.29 is 24.3 Å². The number of ether oxygens (including phenoxy) is 1. The predicted octanol–water partition coefficient (Wildman–Crippen LogP) is 3.81. The van der Waals surface area contributed by atoms with Crippen LogP contribution in [0.1, 0.15) is 41.0 Å². The molecule has 0 radical (unpaired) electrons. The quantitative estimate of drug-likeness (QED) is 0.162. The zero-order valence-electron chi connectivity index (χ0n) is 18.5. The fraction of sp³-hybridized carbons (Fsp3) is 0.280. The van der Waals surface area contributed by atoms with Crippen LogP contribution in [-0.4, -0.2) is 29.2 Å². The number of benzene rings is 2. The molecule has 1 aromatic heterocycles. The Balaban J connectivity index is 1.37. The molecule has 1 heterocycles. The van der Waals surface area contributed by atoms with Crippen molar-refractivity contribution >= 4 is 17.5 Å². The summed E-state index contributed by atoms with van der Waals surface area (Å²) < 4.78 is 6.45. The third-order valence-corrected chi connectivity index (χ3v) is 5.95. The Morgan fingerprint density at radius 1 is 1.15 bits per heavy atom. The highest BCUT2D eigenvalue weighted by molar-refractivity contribution is 5.68. The Hall–Kier alpha value is -4.14. The van der Waals surface area contributed by atoms with Gasteiger partial charge in [-0.25, -0.2) is 4.73 Å². The van der Waals surface area contributed by atoms with Crippen molar-refractivity contribution in [3.63, 3.8) is 0 Å². The van der Waals surface area contributed by atoms with E-state index in [1.165, 1.54) is 6.07 Å². The Bertz CT molecular complexity index is 1210. The standard InChI is InChI=1S/C25H25N3O6/c29-25(30)15-20-12-17-6-7-22(14-19(17)13-18-4-1-2-5-23(18)20)34-11-3-9-26-24-16-21(28(32)33)8-10-27(24)31/h1-2,4-8,10,14,16,20,26H,3,9,11-13,15H2,(H,29,30). The molecule has 3 aromatic rings. The third kappa shape index (κ3) is 5.43. The Morgan fingerprint density at radius 2 is 1.97 bits per heavy atom. The minimum atomic E-state index is -0.801. The second-order valence-corrected chi connectivity index (χ2v) is 8.29. The lowest BCUT2D eigenvalue weighted by molar-refractivity contribution is -0.591. The van der Waals surface area contributed by atoms with Crippen LogP contribution in [-0.2, 0) is 17.6 Å². The topological polar surface area (TPSA) is 129 Å². The second-order valence-electron chi connectivity index (χ2n) is 8.29. The minimum absolute atomic E-state index is 0.0645. The van der Waals surface area contributed by atoms with Gasteiger partial charge in [0, 0.05) is 6.42 Å². The van der Waals surface area contributed by atoms with Gasteiger partial charge in [0.25, 0.3) is 11.5 Å². The number of rotatable bonds is 9. The van der Waals surface area contributed by atoms with E-state index in [9.17, 15) is 25.2 Å². The molecule has 0 saturated carbocycles. The summed E-state index contributed by atoms with van der Waals surface area (Å²) in [6, 6.07) is 16.3. The summed E-state index contributed by atoms with van der Waals surface area (Å²) in [5.74, 6) is -0.0224. The van der Waals surface area contributed by atoms with Gasteiger partial charge >= 0.3 is 5.97 Å². The molecule has 0 aliphatic heterocycles. The highest BCUT2D eigenvalue weighted by atomic mass is 16.6. The molecule has 9 heteroatoms. The first-order chi connectivity index (χ1) is 16.4. The summed E-state index contributed by atoms with van der Waals surface area (Å²) in [7, 11) is 0. The lowest BCUT2D eigenvalue weighted by atomic mass is 9.89. The molecule has 9 nitrogen and oxygen atoms in total. The van der Waals surface area contributed by atoms with Crippen LogP contribution in [0.25, 0.3) is 0 Å². The van der Waals surface area contributed by atoms with E-state index in [4.69, 9.17) is 4.74 Å². The highest BCUT2D eigenvalue weighted by Gasteiger charge is 2.24. The van der Waals surface area contributed by atoms with Gasteiger partial charge in [0.2, 0.25) is 0 Å². The number of nitro groups is 1. The van der Waals surface area contributed by atoms with Crippen molar-refractivity contribution in [1.82, 2.24) is 0 Å². The van der Waals surface area contributed by atoms with Crippen molar-refractivity contribution in [3.05, 3.63) is 98.4 Å². The third-order valence-electron chi connectivity index (χ3n) is 5.95. The molecule has 0 spiro atoms. The molecule has 2 N–H and O–H groups in total. The van der Waals surface area contributed by atoms with Crippen LogP contribution in [0.4, 0.5) is 11.5 Å². The molecule has 1 aliphatic rings. The normalized spacial score (nSPS) is 14.4. The monoisotopic (exact) mass is 463 g/mol. The number of nitrogens with one attached hydrogen (secondary N) is 1. The molecule has 0 fully saturated rings. The van der Waals surface area contributed by atoms with E-state index < -0.39 is 10.9 Å². The number of anilines is 1. The maximum atomic E-state index is 11.8. The molecule has 2 aromatic carbocycles. The van der Waals surface area contributed by atoms with Crippen LogP contribution < -0.4 is 14.8 Å². The number of hydrogen-bond donors (Lipinski definition) is 2. The molecule has 4 rings (SSSR count). The van der Waals surface area contributed by atoms with Gasteiger partial charge in [-0.2, -0.15) is 0 Å². The van der Waals surface area contributed by atoms with Gasteiger partial charge in [-0.15, -0.1) is 0 Å². The minimum Gasteiger partial charge on any atom is -0.711 e. The van der Waals surface area contributed by atoms with E-state index in [-0.39, 0.29) is 23.8 Å². The molecular formula is C25H25N3O6. The van der Waals surface area contributed by atoms with Crippen molar-refractivity contribution in [2.45, 2.75) is 31.6 Å². The molecular weight excluding hydrogens is 438 g/mol. The largest absolute Gasteiger partial charge is 0.711 e. The van der Waals surface area contributed by atoms with Gasteiger partial charge in [-0.3, -0.25) is 20.2 Å². The number of carboxylic acid groups (broad SMARTS) is 1. The fourth-order valence-corrected chi connectivity index (χ4v) is 4.32. The van der Waals surface area contributed by atoms with E-state index in [0.29, 0.717) is 30.7 Å². The van der Waals surface area contributed by atoms with E-state index in [1.807, 2.05) is 36.4 Å². The predicted molar refractivity (Wildman–Crippen MR) is 125 cm³/mol. The summed E-state index contributed by atoms with van der Waals surface area (Å²) in [4.78, 5) is 21.7. The smallest absolute Gasteiger partial charge is 0.303 e. The molecule has 1 atom stereocenters. The molecule has 0 amide bonds. The first-order valence-corrected chi connectivity index (χ1v) is 11.1. The van der Waals surface area contributed by atoms with Gasteiger partial charge in [0.05, 0.1) is 30.6 Å². The van der Waals surface area contributed by atoms with E-state index in [2.05, 4.69) is 11.4 Å². The molecule has 176 valence electrons. The number of nitrogens with zero attached hydrogens (tertiary/aromatic N) is 2. The number of carboxylic acids is 1. The average Bonchev–Trinajstić information content (AvgIpc) is 2.95. The first kappa shape index (κ1) is 23.0. The number of pyridine rings is 1. The molecule has 0 saturated heterocycles. The summed E-state index contributed by atoms with van der Waals surface area (Å²) in [6.07, 6.45) is 3.17. The highest BCUT2D eigenvalue weighted by Crippen LogP contribution is 2.35. The SMILES string of the molecule is O=C(O)CC1Cc2ccc(OCCCNc3cc([N+](=O)[O-])cc[n+]3[O-])cc2Cc2ccccc21. The summed E-state index contributed by atoms with van der Waals surface area (Å²) in [6.45, 7) is 0.816. The number of aromatic nitrogens is 1. The molecule has 34 heavy (non-hydrogen) atoms. The number of fused-ring (bicyclic) bond motifs is 2. The van der Waals surface area contributed by atoms with Crippen LogP contribution in [0.2, 0.25) is 0 Å². The average molecular weight is 463 g/mol. The number of aliphatic carboxylic acids is 1. The molecule has 1 unspecified atom stereocenters. The molecule has 1 aliphatic carbocycles. The van der Waals surface area contributed by atoms with Crippen molar-refractivity contribution in [2.24, 2.45) is 0 Å². The van der Waals surface area contributed by atoms with Gasteiger partial charge < -0.3 is 15.1 Å². The Kier molecular flexibility index (Phi) is 6.91. The van der Waals surface area contributed by atoms with E-state index in [0.717, 1.165) is 46.7 Å². The van der Waals surface area contributed by atoms with Crippen LogP contribution in [0, 0.1) is 15.3 Å². The van der Waals surface area contributed by atoms with Crippen molar-refractivity contribution in [2.75, 3.05) is 18.5 Å². The van der Waals surface area contributed by atoms with Crippen molar-refractivity contribution in [1.29, 1.82) is 0 Å². The fourth-order valence-electron chi connectivity index (χ4n) is 4.32. The summed E-state index contributed by atoms with van der Waals surface area (Å²) in [5, 5.41) is 34.9. The second kappa shape index (κ2) is 10.2. The van der Waals surface area contributed by atoms with E-state index in [1.54, 1.807) is 0 Å². The summed E-state index contributed by atoms with van der Waals surface area (Å²) >= 11 is 0. The lowest BCUT2D eigenvalue weighted by Gasteiger charge is -2.16. The molecule has 0 bridgehead atoms. The Labute approximate surface area is 196 Å². The van der Waals surface area contributed by atoms with Gasteiger partial charge in [-0.05, 0) is 53.1 Å². The van der Waals surface area contributed by atoms with Gasteiger partial charge in [0.1, 0.15) is 18.0 Å². The van der Waals surface area contributed by atoms with Crippen molar-refractivity contribution in [3.8, 4) is 5.75 Å². The van der Waals surface area contributed by atoms with Crippen LogP contribution in [0.5, 0.6) is 5.75 Å². The van der Waals surface area contributed by atoms with Crippen LogP contribution >= 0.6 is 0 Å². The lowest BCUT2D eigenvalue weighted by Crippen LogP contribution is -2.30. The number of carbonyl (C=O) groups is 1. The van der Waals surface area contributed by atoms with Crippen LogP contribution in [0.3, 0.4) is 0 Å². The zero-order valence-corrected chi connectivity index (χ0v) is 18.5.